The summed E-state index contributed by atoms with van der Waals surface area (Å²) in [7, 11) is 1.62. The fourth-order valence-corrected chi connectivity index (χ4v) is 5.01. The predicted octanol–water partition coefficient (Wildman–Crippen LogP) is 4.22. The lowest BCUT2D eigenvalue weighted by Crippen LogP contribution is -2.47. The van der Waals surface area contributed by atoms with E-state index in [-0.39, 0.29) is 18.2 Å². The molecule has 0 aromatic heterocycles. The Labute approximate surface area is 169 Å². The van der Waals surface area contributed by atoms with Gasteiger partial charge >= 0.3 is 0 Å². The average molecular weight is 391 g/mol. The quantitative estimate of drug-likeness (QED) is 0.784. The molecule has 0 bridgehead atoms. The second kappa shape index (κ2) is 7.61. The average Bonchev–Trinajstić information content (AvgIpc) is 2.74. The largest absolute Gasteiger partial charge is 0.496 e. The van der Waals surface area contributed by atoms with Crippen molar-refractivity contribution >= 4 is 23.4 Å². The van der Waals surface area contributed by atoms with Gasteiger partial charge in [-0.15, -0.1) is 0 Å². The Balaban J connectivity index is 1.71. The first-order valence-electron chi connectivity index (χ1n) is 9.15. The molecule has 4 rings (SSSR count). The number of methoxy groups -OCH3 is 1. The van der Waals surface area contributed by atoms with E-state index in [1.165, 1.54) is 5.56 Å². The summed E-state index contributed by atoms with van der Waals surface area (Å²) in [4.78, 5) is 17.0. The van der Waals surface area contributed by atoms with Crippen LogP contribution in [-0.4, -0.2) is 30.5 Å². The van der Waals surface area contributed by atoms with Gasteiger partial charge in [0.05, 0.1) is 36.3 Å². The van der Waals surface area contributed by atoms with Crippen LogP contribution in [0.15, 0.2) is 59.1 Å². The summed E-state index contributed by atoms with van der Waals surface area (Å²) < 4.78 is 5.48. The molecular formula is C22H21N3O2S. The Morgan fingerprint density at radius 1 is 1.18 bits per heavy atom. The van der Waals surface area contributed by atoms with Crippen LogP contribution in [0, 0.1) is 18.3 Å². The number of rotatable bonds is 3. The van der Waals surface area contributed by atoms with Crippen molar-refractivity contribution in [2.24, 2.45) is 0 Å². The first-order valence-corrected chi connectivity index (χ1v) is 10.1. The zero-order valence-corrected chi connectivity index (χ0v) is 16.7. The highest BCUT2D eigenvalue weighted by molar-refractivity contribution is 8.03. The van der Waals surface area contributed by atoms with Crippen molar-refractivity contribution < 1.29 is 9.53 Å². The highest BCUT2D eigenvalue weighted by atomic mass is 32.2. The normalized spacial score (nSPS) is 19.3. The summed E-state index contributed by atoms with van der Waals surface area (Å²) in [5, 5.41) is 10.7. The number of nitriles is 1. The van der Waals surface area contributed by atoms with Gasteiger partial charge in [-0.25, -0.2) is 0 Å². The molecule has 28 heavy (non-hydrogen) atoms. The number of hydrogen-bond acceptors (Lipinski definition) is 5. The Kier molecular flexibility index (Phi) is 5.01. The molecule has 1 amide bonds. The number of thioether (sulfide) groups is 1. The molecule has 2 aromatic rings. The molecule has 2 aliphatic heterocycles. The zero-order chi connectivity index (χ0) is 19.7. The Morgan fingerprint density at radius 2 is 1.93 bits per heavy atom. The molecule has 2 aromatic carbocycles. The summed E-state index contributed by atoms with van der Waals surface area (Å²) in [5.74, 6) is 1.19. The molecule has 0 N–H and O–H groups in total. The van der Waals surface area contributed by atoms with Crippen LogP contribution in [0.1, 0.15) is 23.5 Å². The third-order valence-corrected chi connectivity index (χ3v) is 6.42. The summed E-state index contributed by atoms with van der Waals surface area (Å²) in [6.07, 6.45) is 0.273. The van der Waals surface area contributed by atoms with Crippen LogP contribution >= 0.6 is 11.8 Å². The van der Waals surface area contributed by atoms with Gasteiger partial charge in [-0.1, -0.05) is 48.2 Å². The fourth-order valence-electron chi connectivity index (χ4n) is 3.85. The van der Waals surface area contributed by atoms with Gasteiger partial charge in [0, 0.05) is 23.6 Å². The van der Waals surface area contributed by atoms with E-state index in [1.54, 1.807) is 23.8 Å². The molecule has 0 unspecified atom stereocenters. The van der Waals surface area contributed by atoms with Crippen LogP contribution < -0.4 is 9.64 Å². The third-order valence-electron chi connectivity index (χ3n) is 5.26. The van der Waals surface area contributed by atoms with E-state index in [0.717, 1.165) is 16.3 Å². The van der Waals surface area contributed by atoms with Gasteiger partial charge < -0.3 is 9.64 Å². The molecule has 0 spiro atoms. The van der Waals surface area contributed by atoms with Crippen molar-refractivity contribution in [1.82, 2.24) is 4.90 Å². The van der Waals surface area contributed by atoms with Crippen molar-refractivity contribution in [1.29, 1.82) is 5.26 Å². The van der Waals surface area contributed by atoms with E-state index < -0.39 is 0 Å². The Morgan fingerprint density at radius 3 is 2.68 bits per heavy atom. The zero-order valence-electron chi connectivity index (χ0n) is 15.9. The molecule has 1 saturated heterocycles. The number of hydrogen-bond donors (Lipinski definition) is 0. The number of carbonyl (C=O) groups is 1. The monoisotopic (exact) mass is 391 g/mol. The summed E-state index contributed by atoms with van der Waals surface area (Å²) in [6, 6.07) is 18.2. The number of ether oxygens (including phenoxy) is 1. The van der Waals surface area contributed by atoms with Crippen molar-refractivity contribution in [2.75, 3.05) is 24.6 Å². The second-order valence-corrected chi connectivity index (χ2v) is 7.83. The lowest BCUT2D eigenvalue weighted by Gasteiger charge is -2.42. The molecule has 5 nitrogen and oxygen atoms in total. The van der Waals surface area contributed by atoms with Crippen molar-refractivity contribution in [3.63, 3.8) is 0 Å². The van der Waals surface area contributed by atoms with Crippen LogP contribution in [0.2, 0.25) is 0 Å². The SMILES string of the molecule is COc1ccccc1[C@@H]1CC(=O)N2CN(c3ccccc3C)CSC2=C1C#N. The summed E-state index contributed by atoms with van der Waals surface area (Å²) in [5.41, 5.74) is 3.84. The van der Waals surface area contributed by atoms with Crippen LogP contribution in [0.5, 0.6) is 5.75 Å². The van der Waals surface area contributed by atoms with Gasteiger partial charge in [0.15, 0.2) is 0 Å². The van der Waals surface area contributed by atoms with Gasteiger partial charge in [0.25, 0.3) is 0 Å². The van der Waals surface area contributed by atoms with Crippen LogP contribution in [0.25, 0.3) is 0 Å². The maximum absolute atomic E-state index is 13.0. The minimum Gasteiger partial charge on any atom is -0.496 e. The van der Waals surface area contributed by atoms with Crippen LogP contribution in [0.3, 0.4) is 0 Å². The van der Waals surface area contributed by atoms with Gasteiger partial charge in [-0.05, 0) is 24.6 Å². The standard InChI is InChI=1S/C22H21N3O2S/c1-15-7-3-5-9-19(15)24-13-25-21(26)11-17(18(12-23)22(25)28-14-24)16-8-4-6-10-20(16)27-2/h3-10,17H,11,13-14H2,1-2H3/t17-/m0/s1. The summed E-state index contributed by atoms with van der Waals surface area (Å²) in [6.45, 7) is 2.54. The van der Waals surface area contributed by atoms with Gasteiger partial charge in [0.1, 0.15) is 5.75 Å². The molecule has 1 atom stereocenters. The molecule has 2 heterocycles. The predicted molar refractivity (Wildman–Crippen MR) is 111 cm³/mol. The molecule has 0 radical (unpaired) electrons. The topological polar surface area (TPSA) is 56.6 Å². The number of anilines is 1. The van der Waals surface area contributed by atoms with E-state index in [0.29, 0.717) is 23.9 Å². The van der Waals surface area contributed by atoms with Gasteiger partial charge in [0.2, 0.25) is 5.91 Å². The Bertz CT molecular complexity index is 995. The minimum absolute atomic E-state index is 0.0377. The summed E-state index contributed by atoms with van der Waals surface area (Å²) >= 11 is 1.55. The van der Waals surface area contributed by atoms with Crippen molar-refractivity contribution in [3.8, 4) is 11.8 Å². The molecule has 1 fully saturated rings. The molecule has 0 aliphatic carbocycles. The smallest absolute Gasteiger partial charge is 0.229 e. The number of carbonyl (C=O) groups excluding carboxylic acids is 1. The van der Waals surface area contributed by atoms with Gasteiger partial charge in [-0.2, -0.15) is 5.26 Å². The highest BCUT2D eigenvalue weighted by Gasteiger charge is 2.39. The number of para-hydroxylation sites is 2. The number of benzene rings is 2. The van der Waals surface area contributed by atoms with Crippen molar-refractivity contribution in [2.45, 2.75) is 19.3 Å². The lowest BCUT2D eigenvalue weighted by molar-refractivity contribution is -0.129. The van der Waals surface area contributed by atoms with E-state index >= 15 is 0 Å². The number of aryl methyl sites for hydroxylation is 1. The fraction of sp³-hybridized carbons (Fsp3) is 0.273. The molecule has 0 saturated carbocycles. The number of amides is 1. The van der Waals surface area contributed by atoms with E-state index in [1.807, 2.05) is 36.4 Å². The molecule has 6 heteroatoms. The first kappa shape index (κ1) is 18.5. The highest BCUT2D eigenvalue weighted by Crippen LogP contribution is 2.45. The van der Waals surface area contributed by atoms with E-state index in [4.69, 9.17) is 4.74 Å². The second-order valence-electron chi connectivity index (χ2n) is 6.89. The van der Waals surface area contributed by atoms with Gasteiger partial charge in [-0.3, -0.25) is 9.69 Å². The third kappa shape index (κ3) is 3.12. The van der Waals surface area contributed by atoms with E-state index in [2.05, 4.69) is 30.0 Å². The molecule has 2 aliphatic rings. The van der Waals surface area contributed by atoms with E-state index in [9.17, 15) is 10.1 Å². The number of allylic oxidation sites excluding steroid dienone is 1. The molecular weight excluding hydrogens is 370 g/mol. The maximum Gasteiger partial charge on any atom is 0.229 e. The Hall–Kier alpha value is -2.91. The van der Waals surface area contributed by atoms with Crippen LogP contribution in [-0.2, 0) is 4.79 Å². The number of fused-ring (bicyclic) bond motifs is 1. The molecule has 142 valence electrons. The van der Waals surface area contributed by atoms with Crippen molar-refractivity contribution in [3.05, 3.63) is 70.3 Å². The number of nitrogens with zero attached hydrogens (tertiary/aromatic N) is 3. The van der Waals surface area contributed by atoms with Crippen LogP contribution in [0.4, 0.5) is 5.69 Å². The maximum atomic E-state index is 13.0. The lowest BCUT2D eigenvalue weighted by atomic mass is 9.86. The minimum atomic E-state index is -0.266. The first-order chi connectivity index (χ1) is 13.6.